The fourth-order valence-electron chi connectivity index (χ4n) is 2.40. The van der Waals surface area contributed by atoms with Crippen molar-refractivity contribution in [1.82, 2.24) is 0 Å². The molecule has 0 saturated heterocycles. The van der Waals surface area contributed by atoms with Gasteiger partial charge in [0.1, 0.15) is 11.5 Å². The molecule has 2 N–H and O–H groups in total. The lowest BCUT2D eigenvalue weighted by atomic mass is 10.0. The third kappa shape index (κ3) is 5.28. The van der Waals surface area contributed by atoms with E-state index in [2.05, 4.69) is 18.3 Å². The molecule has 1 aromatic carbocycles. The third-order valence-electron chi connectivity index (χ3n) is 3.73. The topological polar surface area (TPSA) is 84.9 Å². The maximum absolute atomic E-state index is 10.7. The normalized spacial score (nSPS) is 17.1. The van der Waals surface area contributed by atoms with Gasteiger partial charge in [-0.15, -0.1) is 0 Å². The summed E-state index contributed by atoms with van der Waals surface area (Å²) in [5.41, 5.74) is 1.67. The highest BCUT2D eigenvalue weighted by atomic mass is 32.2. The molecule has 1 unspecified atom stereocenters. The van der Waals surface area contributed by atoms with Gasteiger partial charge in [-0.2, -0.15) is 8.42 Å². The Balaban J connectivity index is 2.06. The van der Waals surface area contributed by atoms with Gasteiger partial charge in [-0.1, -0.05) is 6.92 Å². The van der Waals surface area contributed by atoms with Crippen LogP contribution < -0.4 is 10.1 Å². The van der Waals surface area contributed by atoms with Gasteiger partial charge >= 0.3 is 0 Å². The lowest BCUT2D eigenvalue weighted by molar-refractivity contribution is 0.393. The van der Waals surface area contributed by atoms with Crippen molar-refractivity contribution in [3.63, 3.8) is 0 Å². The van der Waals surface area contributed by atoms with Crippen LogP contribution in [0.2, 0.25) is 0 Å². The van der Waals surface area contributed by atoms with Crippen LogP contribution in [-0.4, -0.2) is 32.4 Å². The van der Waals surface area contributed by atoms with E-state index in [1.165, 1.54) is 0 Å². The third-order valence-corrected chi connectivity index (χ3v) is 4.54. The van der Waals surface area contributed by atoms with Gasteiger partial charge in [0.05, 0.1) is 24.7 Å². The Morgan fingerprint density at radius 2 is 2.17 bits per heavy atom. The number of rotatable bonds is 8. The Hall–Kier alpha value is -1.99. The zero-order chi connectivity index (χ0) is 17.6. The van der Waals surface area contributed by atoms with Gasteiger partial charge in [0.2, 0.25) is 0 Å². The second kappa shape index (κ2) is 8.21. The van der Waals surface area contributed by atoms with Crippen molar-refractivity contribution in [1.29, 1.82) is 0 Å². The van der Waals surface area contributed by atoms with Crippen molar-refractivity contribution < 1.29 is 22.4 Å². The van der Waals surface area contributed by atoms with E-state index in [0.717, 1.165) is 23.4 Å². The summed E-state index contributed by atoms with van der Waals surface area (Å²) in [6, 6.07) is 5.63. The van der Waals surface area contributed by atoms with Crippen molar-refractivity contribution >= 4 is 21.6 Å². The molecule has 0 saturated carbocycles. The molecule has 132 valence electrons. The molecule has 0 bridgehead atoms. The summed E-state index contributed by atoms with van der Waals surface area (Å²) in [6.07, 6.45) is 7.10. The SMILES string of the molecule is CCC1C=COC(c2ccc(NCCCS(=O)(=O)O)cc2OC)=C1. The molecule has 6 nitrogen and oxygen atoms in total. The smallest absolute Gasteiger partial charge is 0.264 e. The minimum absolute atomic E-state index is 0.263. The Labute approximate surface area is 142 Å². The fourth-order valence-corrected chi connectivity index (χ4v) is 2.91. The van der Waals surface area contributed by atoms with Crippen molar-refractivity contribution in [3.8, 4) is 5.75 Å². The molecular formula is C17H23NO5S. The number of hydrogen-bond acceptors (Lipinski definition) is 5. The predicted octanol–water partition coefficient (Wildman–Crippen LogP) is 3.30. The fraction of sp³-hybridized carbons (Fsp3) is 0.412. The average Bonchev–Trinajstić information content (AvgIpc) is 2.57. The molecule has 1 atom stereocenters. The lowest BCUT2D eigenvalue weighted by Gasteiger charge is -2.18. The Morgan fingerprint density at radius 1 is 1.38 bits per heavy atom. The number of ether oxygens (including phenoxy) is 2. The maximum Gasteiger partial charge on any atom is 0.264 e. The zero-order valence-electron chi connectivity index (χ0n) is 13.9. The van der Waals surface area contributed by atoms with E-state index in [-0.39, 0.29) is 5.75 Å². The average molecular weight is 353 g/mol. The molecular weight excluding hydrogens is 330 g/mol. The number of anilines is 1. The number of allylic oxidation sites excluding steroid dienone is 2. The summed E-state index contributed by atoms with van der Waals surface area (Å²) < 4.78 is 41.2. The number of methoxy groups -OCH3 is 1. The van der Waals surface area contributed by atoms with Crippen molar-refractivity contribution in [2.75, 3.05) is 24.7 Å². The van der Waals surface area contributed by atoms with Crippen LogP contribution in [0.25, 0.3) is 5.76 Å². The zero-order valence-corrected chi connectivity index (χ0v) is 14.7. The molecule has 2 rings (SSSR count). The molecule has 1 aliphatic rings. The molecule has 0 amide bonds. The first-order valence-electron chi connectivity index (χ1n) is 7.85. The van der Waals surface area contributed by atoms with E-state index in [1.807, 2.05) is 24.3 Å². The molecule has 0 spiro atoms. The standard InChI is InChI=1S/C17H23NO5S/c1-3-13-7-9-23-17(11-13)15-6-5-14(12-16(15)22-2)18-8-4-10-24(19,20)21/h5-7,9,11-13,18H,3-4,8,10H2,1-2H3,(H,19,20,21). The second-order valence-corrected chi connectivity index (χ2v) is 7.10. The molecule has 7 heteroatoms. The highest BCUT2D eigenvalue weighted by molar-refractivity contribution is 7.85. The van der Waals surface area contributed by atoms with Gasteiger partial charge in [-0.3, -0.25) is 4.55 Å². The van der Waals surface area contributed by atoms with Gasteiger partial charge in [0.25, 0.3) is 10.1 Å². The first-order chi connectivity index (χ1) is 11.4. The Morgan fingerprint density at radius 3 is 2.83 bits per heavy atom. The largest absolute Gasteiger partial charge is 0.496 e. The van der Waals surface area contributed by atoms with E-state index < -0.39 is 10.1 Å². The number of nitrogens with one attached hydrogen (secondary N) is 1. The van der Waals surface area contributed by atoms with Crippen molar-refractivity contribution in [2.24, 2.45) is 5.92 Å². The lowest BCUT2D eigenvalue weighted by Crippen LogP contribution is -2.10. The van der Waals surface area contributed by atoms with Crippen LogP contribution in [0.3, 0.4) is 0 Å². The molecule has 0 radical (unpaired) electrons. The van der Waals surface area contributed by atoms with E-state index >= 15 is 0 Å². The van der Waals surface area contributed by atoms with E-state index in [0.29, 0.717) is 24.6 Å². The monoisotopic (exact) mass is 353 g/mol. The Bertz CT molecular complexity index is 724. The molecule has 0 aliphatic carbocycles. The summed E-state index contributed by atoms with van der Waals surface area (Å²) in [6.45, 7) is 2.55. The summed E-state index contributed by atoms with van der Waals surface area (Å²) >= 11 is 0. The van der Waals surface area contributed by atoms with Gasteiger partial charge in [-0.05, 0) is 37.1 Å². The Kier molecular flexibility index (Phi) is 6.28. The van der Waals surface area contributed by atoms with Gasteiger partial charge in [0.15, 0.2) is 0 Å². The molecule has 24 heavy (non-hydrogen) atoms. The molecule has 1 heterocycles. The van der Waals surface area contributed by atoms with E-state index in [1.54, 1.807) is 13.4 Å². The molecule has 0 fully saturated rings. The quantitative estimate of drug-likeness (QED) is 0.551. The number of benzene rings is 1. The molecule has 1 aliphatic heterocycles. The van der Waals surface area contributed by atoms with Crippen LogP contribution in [0.5, 0.6) is 5.75 Å². The summed E-state index contributed by atoms with van der Waals surface area (Å²) in [5.74, 6) is 1.52. The van der Waals surface area contributed by atoms with Crippen LogP contribution in [0, 0.1) is 5.92 Å². The van der Waals surface area contributed by atoms with Crippen molar-refractivity contribution in [2.45, 2.75) is 19.8 Å². The summed E-state index contributed by atoms with van der Waals surface area (Å²) in [4.78, 5) is 0. The van der Waals surface area contributed by atoms with Gasteiger partial charge in [-0.25, -0.2) is 0 Å². The highest BCUT2D eigenvalue weighted by Gasteiger charge is 2.15. The highest BCUT2D eigenvalue weighted by Crippen LogP contribution is 2.33. The minimum atomic E-state index is -3.92. The van der Waals surface area contributed by atoms with Gasteiger partial charge in [0, 0.05) is 24.2 Å². The van der Waals surface area contributed by atoms with Crippen LogP contribution in [-0.2, 0) is 14.9 Å². The first kappa shape index (κ1) is 18.4. The summed E-state index contributed by atoms with van der Waals surface area (Å²) in [5, 5.41) is 3.11. The minimum Gasteiger partial charge on any atom is -0.496 e. The summed E-state index contributed by atoms with van der Waals surface area (Å²) in [7, 11) is -2.32. The first-order valence-corrected chi connectivity index (χ1v) is 9.46. The van der Waals surface area contributed by atoms with E-state index in [9.17, 15) is 8.42 Å². The maximum atomic E-state index is 10.7. The molecule has 1 aromatic rings. The molecule has 0 aromatic heterocycles. The predicted molar refractivity (Wildman–Crippen MR) is 94.5 cm³/mol. The van der Waals surface area contributed by atoms with Crippen LogP contribution in [0.4, 0.5) is 5.69 Å². The van der Waals surface area contributed by atoms with Crippen LogP contribution in [0.1, 0.15) is 25.3 Å². The van der Waals surface area contributed by atoms with Crippen LogP contribution in [0.15, 0.2) is 36.6 Å². The van der Waals surface area contributed by atoms with Crippen LogP contribution >= 0.6 is 0 Å². The van der Waals surface area contributed by atoms with Crippen molar-refractivity contribution in [3.05, 3.63) is 42.2 Å². The number of hydrogen-bond donors (Lipinski definition) is 2. The van der Waals surface area contributed by atoms with Gasteiger partial charge < -0.3 is 14.8 Å². The second-order valence-electron chi connectivity index (χ2n) is 5.53. The van der Waals surface area contributed by atoms with E-state index in [4.69, 9.17) is 14.0 Å².